The zero-order valence-electron chi connectivity index (χ0n) is 11.5. The van der Waals surface area contributed by atoms with E-state index in [0.29, 0.717) is 23.3 Å². The molecular weight excluding hydrogens is 240 g/mol. The normalized spacial score (nSPS) is 51.5. The van der Waals surface area contributed by atoms with Crippen molar-refractivity contribution in [3.05, 3.63) is 23.8 Å². The fourth-order valence-corrected chi connectivity index (χ4v) is 4.76. The maximum absolute atomic E-state index is 11.9. The van der Waals surface area contributed by atoms with Crippen molar-refractivity contribution in [1.82, 2.24) is 0 Å². The zero-order chi connectivity index (χ0) is 13.4. The van der Waals surface area contributed by atoms with Crippen LogP contribution < -0.4 is 0 Å². The van der Waals surface area contributed by atoms with Gasteiger partial charge in [0.05, 0.1) is 12.2 Å². The lowest BCUT2D eigenvalue weighted by molar-refractivity contribution is -0.141. The molecule has 6 atom stereocenters. The van der Waals surface area contributed by atoms with Crippen molar-refractivity contribution < 1.29 is 14.3 Å². The van der Waals surface area contributed by atoms with E-state index >= 15 is 0 Å². The predicted molar refractivity (Wildman–Crippen MR) is 70.3 cm³/mol. The molecule has 2 aliphatic heterocycles. The summed E-state index contributed by atoms with van der Waals surface area (Å²) in [5.41, 5.74) is 2.09. The summed E-state index contributed by atoms with van der Waals surface area (Å²) < 4.78 is 11.6. The minimum absolute atomic E-state index is 0.0117. The van der Waals surface area contributed by atoms with Gasteiger partial charge in [0.15, 0.2) is 0 Å². The molecule has 2 aliphatic carbocycles. The molecule has 2 saturated heterocycles. The number of rotatable bonds is 0. The Morgan fingerprint density at radius 1 is 1.42 bits per heavy atom. The topological polar surface area (TPSA) is 38.8 Å². The molecule has 0 N–H and O–H groups in total. The van der Waals surface area contributed by atoms with Crippen molar-refractivity contribution >= 4 is 5.97 Å². The van der Waals surface area contributed by atoms with E-state index in [4.69, 9.17) is 9.47 Å². The molecule has 4 aliphatic rings. The first-order valence-corrected chi connectivity index (χ1v) is 7.24. The maximum Gasteiger partial charge on any atom is 0.334 e. The van der Waals surface area contributed by atoms with E-state index in [0.717, 1.165) is 19.4 Å². The highest BCUT2D eigenvalue weighted by atomic mass is 16.6. The number of allylic oxidation sites excluding steroid dienone is 1. The second-order valence-electron chi connectivity index (χ2n) is 6.77. The molecule has 0 radical (unpaired) electrons. The minimum Gasteiger partial charge on any atom is -0.458 e. The first kappa shape index (κ1) is 11.7. The molecule has 4 rings (SSSR count). The molecule has 0 bridgehead atoms. The largest absolute Gasteiger partial charge is 0.458 e. The highest BCUT2D eigenvalue weighted by Crippen LogP contribution is 2.58. The second-order valence-corrected chi connectivity index (χ2v) is 6.77. The molecule has 19 heavy (non-hydrogen) atoms. The van der Waals surface area contributed by atoms with Crippen LogP contribution in [0.5, 0.6) is 0 Å². The van der Waals surface area contributed by atoms with E-state index in [1.54, 1.807) is 0 Å². The lowest BCUT2D eigenvalue weighted by atomic mass is 9.78. The van der Waals surface area contributed by atoms with E-state index in [1.807, 2.05) is 0 Å². The van der Waals surface area contributed by atoms with Gasteiger partial charge < -0.3 is 9.47 Å². The lowest BCUT2D eigenvalue weighted by Crippen LogP contribution is -2.34. The molecule has 0 amide bonds. The summed E-state index contributed by atoms with van der Waals surface area (Å²) >= 11 is 0. The number of ether oxygens (including phenoxy) is 2. The number of epoxide rings is 1. The monoisotopic (exact) mass is 260 g/mol. The van der Waals surface area contributed by atoms with Gasteiger partial charge in [0.1, 0.15) is 6.10 Å². The third kappa shape index (κ3) is 1.40. The molecular formula is C16H20O3. The molecule has 0 aromatic heterocycles. The van der Waals surface area contributed by atoms with Crippen molar-refractivity contribution in [2.75, 3.05) is 6.61 Å². The van der Waals surface area contributed by atoms with E-state index in [1.165, 1.54) is 5.57 Å². The molecule has 0 aromatic carbocycles. The Balaban J connectivity index is 1.80. The van der Waals surface area contributed by atoms with Crippen molar-refractivity contribution in [3.8, 4) is 0 Å². The molecule has 1 saturated carbocycles. The van der Waals surface area contributed by atoms with E-state index in [2.05, 4.69) is 26.5 Å². The molecule has 102 valence electrons. The smallest absolute Gasteiger partial charge is 0.334 e. The van der Waals surface area contributed by atoms with E-state index in [9.17, 15) is 4.79 Å². The van der Waals surface area contributed by atoms with Crippen molar-refractivity contribution in [2.24, 2.45) is 23.7 Å². The van der Waals surface area contributed by atoms with Gasteiger partial charge in [-0.2, -0.15) is 0 Å². The highest BCUT2D eigenvalue weighted by Gasteiger charge is 2.63. The summed E-state index contributed by atoms with van der Waals surface area (Å²) in [4.78, 5) is 11.9. The number of esters is 1. The van der Waals surface area contributed by atoms with Crippen LogP contribution in [-0.4, -0.2) is 24.3 Å². The van der Waals surface area contributed by atoms with Gasteiger partial charge in [-0.15, -0.1) is 0 Å². The summed E-state index contributed by atoms with van der Waals surface area (Å²) in [7, 11) is 0. The van der Waals surface area contributed by atoms with E-state index < -0.39 is 0 Å². The quantitative estimate of drug-likeness (QED) is 0.291. The number of hydrogen-bond acceptors (Lipinski definition) is 3. The molecule has 0 aromatic rings. The Hall–Kier alpha value is -1.09. The summed E-state index contributed by atoms with van der Waals surface area (Å²) in [6.45, 7) is 9.24. The van der Waals surface area contributed by atoms with Crippen LogP contribution >= 0.6 is 0 Å². The van der Waals surface area contributed by atoms with Gasteiger partial charge in [-0.25, -0.2) is 4.79 Å². The van der Waals surface area contributed by atoms with Crippen molar-refractivity contribution in [1.29, 1.82) is 0 Å². The van der Waals surface area contributed by atoms with Gasteiger partial charge in [-0.05, 0) is 25.7 Å². The van der Waals surface area contributed by atoms with Gasteiger partial charge >= 0.3 is 5.97 Å². The Morgan fingerprint density at radius 2 is 2.16 bits per heavy atom. The van der Waals surface area contributed by atoms with Crippen LogP contribution in [0.4, 0.5) is 0 Å². The molecule has 0 unspecified atom stereocenters. The average Bonchev–Trinajstić information content (AvgIpc) is 2.95. The summed E-state index contributed by atoms with van der Waals surface area (Å²) in [5, 5.41) is 0. The van der Waals surface area contributed by atoms with Gasteiger partial charge in [0.2, 0.25) is 0 Å². The molecule has 3 nitrogen and oxygen atoms in total. The lowest BCUT2D eigenvalue weighted by Gasteiger charge is -2.29. The first-order chi connectivity index (χ1) is 9.03. The predicted octanol–water partition coefficient (Wildman–Crippen LogP) is 2.48. The summed E-state index contributed by atoms with van der Waals surface area (Å²) in [6, 6.07) is 0. The van der Waals surface area contributed by atoms with Gasteiger partial charge in [-0.1, -0.05) is 25.2 Å². The fraction of sp³-hybridized carbons (Fsp3) is 0.688. The molecule has 3 heteroatoms. The molecule has 2 heterocycles. The van der Waals surface area contributed by atoms with Crippen LogP contribution in [0.1, 0.15) is 26.7 Å². The van der Waals surface area contributed by atoms with Crippen LogP contribution in [0.15, 0.2) is 23.8 Å². The van der Waals surface area contributed by atoms with E-state index in [-0.39, 0.29) is 23.6 Å². The third-order valence-electron chi connectivity index (χ3n) is 5.74. The van der Waals surface area contributed by atoms with Crippen LogP contribution in [0, 0.1) is 23.7 Å². The average molecular weight is 260 g/mol. The third-order valence-corrected chi connectivity index (χ3v) is 5.74. The van der Waals surface area contributed by atoms with Crippen LogP contribution in [-0.2, 0) is 14.3 Å². The number of carbonyl (C=O) groups is 1. The van der Waals surface area contributed by atoms with Crippen LogP contribution in [0.25, 0.3) is 0 Å². The Labute approximate surface area is 113 Å². The van der Waals surface area contributed by atoms with Gasteiger partial charge in [0, 0.05) is 23.3 Å². The number of fused-ring (bicyclic) bond motifs is 4. The number of carbonyl (C=O) groups excluding carboxylic acids is 1. The Bertz CT molecular complexity index is 500. The highest BCUT2D eigenvalue weighted by molar-refractivity contribution is 5.91. The Morgan fingerprint density at radius 3 is 2.84 bits per heavy atom. The van der Waals surface area contributed by atoms with Gasteiger partial charge in [-0.3, -0.25) is 0 Å². The summed E-state index contributed by atoms with van der Waals surface area (Å²) in [6.07, 6.45) is 4.39. The SMILES string of the molecule is C=C1C(=O)O[C@@H]2[C@H]3C(C)=CC[C@H]3[C@]3(CO3)C[C@@H](C)[C@@H]12. The minimum atomic E-state index is -0.187. The maximum atomic E-state index is 11.9. The van der Waals surface area contributed by atoms with Crippen LogP contribution in [0.2, 0.25) is 0 Å². The van der Waals surface area contributed by atoms with Crippen molar-refractivity contribution in [3.63, 3.8) is 0 Å². The standard InChI is InChI=1S/C16H20O3/c1-8-4-5-11-13(8)14-12(10(3)15(17)19-14)9(2)6-16(11)7-18-16/h4,9,11-14H,3,5-7H2,1-2H3/t9-,11-,12+,13+,14+,16-/m1/s1. The second kappa shape index (κ2) is 3.51. The number of hydrogen-bond donors (Lipinski definition) is 0. The molecule has 3 fully saturated rings. The first-order valence-electron chi connectivity index (χ1n) is 7.24. The fourth-order valence-electron chi connectivity index (χ4n) is 4.76. The Kier molecular flexibility index (Phi) is 2.17. The van der Waals surface area contributed by atoms with Crippen LogP contribution in [0.3, 0.4) is 0 Å². The molecule has 1 spiro atoms. The van der Waals surface area contributed by atoms with Crippen molar-refractivity contribution in [2.45, 2.75) is 38.4 Å². The zero-order valence-corrected chi connectivity index (χ0v) is 11.5. The van der Waals surface area contributed by atoms with Gasteiger partial charge in [0.25, 0.3) is 0 Å². The summed E-state index contributed by atoms with van der Waals surface area (Å²) in [5.74, 6) is 1.21.